The van der Waals surface area contributed by atoms with Crippen LogP contribution in [0.15, 0.2) is 23.4 Å². The summed E-state index contributed by atoms with van der Waals surface area (Å²) < 4.78 is 18.5. The second-order valence-electron chi connectivity index (χ2n) is 3.27. The zero-order chi connectivity index (χ0) is 13.1. The van der Waals surface area contributed by atoms with Crippen molar-refractivity contribution in [3.63, 3.8) is 0 Å². The van der Waals surface area contributed by atoms with Gasteiger partial charge in [0.1, 0.15) is 5.56 Å². The van der Waals surface area contributed by atoms with Gasteiger partial charge in [0.15, 0.2) is 5.82 Å². The van der Waals surface area contributed by atoms with Crippen LogP contribution >= 0.6 is 0 Å². The van der Waals surface area contributed by atoms with Crippen LogP contribution in [-0.4, -0.2) is 32.3 Å². The summed E-state index contributed by atoms with van der Waals surface area (Å²) in [7, 11) is 0. The standard InChI is InChI=1S/C10H9FN4O3/c1-2-18-9(17)7-4-12-10(14-8(7)16)15-5-6(11)3-13-15/h3-5H,2H2,1H3,(H,12,14,16). The Morgan fingerprint density at radius 2 is 2.33 bits per heavy atom. The van der Waals surface area contributed by atoms with Crippen LogP contribution in [0.5, 0.6) is 0 Å². The lowest BCUT2D eigenvalue weighted by molar-refractivity contribution is 0.0523. The Bertz CT molecular complexity index is 634. The monoisotopic (exact) mass is 252 g/mol. The van der Waals surface area contributed by atoms with Crippen LogP contribution in [0.25, 0.3) is 5.95 Å². The summed E-state index contributed by atoms with van der Waals surface area (Å²) >= 11 is 0. The number of halogens is 1. The van der Waals surface area contributed by atoms with E-state index in [9.17, 15) is 14.0 Å². The van der Waals surface area contributed by atoms with Gasteiger partial charge in [0.25, 0.3) is 5.56 Å². The summed E-state index contributed by atoms with van der Waals surface area (Å²) in [4.78, 5) is 29.1. The highest BCUT2D eigenvalue weighted by Gasteiger charge is 2.13. The second kappa shape index (κ2) is 4.78. The maximum Gasteiger partial charge on any atom is 0.345 e. The molecule has 2 rings (SSSR count). The number of H-pyrrole nitrogens is 1. The van der Waals surface area contributed by atoms with Gasteiger partial charge in [-0.1, -0.05) is 0 Å². The lowest BCUT2D eigenvalue weighted by Gasteiger charge is -2.02. The molecule has 0 radical (unpaired) electrons. The summed E-state index contributed by atoms with van der Waals surface area (Å²) in [6.45, 7) is 1.78. The third-order valence-corrected chi connectivity index (χ3v) is 2.05. The fourth-order valence-electron chi connectivity index (χ4n) is 1.27. The van der Waals surface area contributed by atoms with E-state index in [1.54, 1.807) is 6.92 Å². The average Bonchev–Trinajstić information content (AvgIpc) is 2.76. The molecule has 1 N–H and O–H groups in total. The highest BCUT2D eigenvalue weighted by atomic mass is 19.1. The van der Waals surface area contributed by atoms with E-state index in [1.165, 1.54) is 0 Å². The maximum absolute atomic E-state index is 12.7. The fourth-order valence-corrected chi connectivity index (χ4v) is 1.27. The molecule has 0 aliphatic rings. The van der Waals surface area contributed by atoms with Crippen LogP contribution in [0.2, 0.25) is 0 Å². The van der Waals surface area contributed by atoms with Crippen LogP contribution < -0.4 is 5.56 Å². The predicted molar refractivity (Wildman–Crippen MR) is 57.9 cm³/mol. The number of aromatic amines is 1. The van der Waals surface area contributed by atoms with Crippen LogP contribution in [-0.2, 0) is 4.74 Å². The molecule has 2 aromatic heterocycles. The van der Waals surface area contributed by atoms with Gasteiger partial charge in [-0.15, -0.1) is 0 Å². The smallest absolute Gasteiger partial charge is 0.345 e. The third kappa shape index (κ3) is 2.26. The molecule has 0 aliphatic heterocycles. The first-order valence-corrected chi connectivity index (χ1v) is 5.08. The molecular formula is C10H9FN4O3. The van der Waals surface area contributed by atoms with Crippen LogP contribution in [0.1, 0.15) is 17.3 Å². The Balaban J connectivity index is 2.36. The number of rotatable bonds is 3. The lowest BCUT2D eigenvalue weighted by atomic mass is 10.3. The van der Waals surface area contributed by atoms with E-state index in [4.69, 9.17) is 0 Å². The van der Waals surface area contributed by atoms with E-state index in [0.29, 0.717) is 0 Å². The van der Waals surface area contributed by atoms with Crippen molar-refractivity contribution in [3.05, 3.63) is 40.3 Å². The highest BCUT2D eigenvalue weighted by Crippen LogP contribution is 2.00. The number of nitrogens with one attached hydrogen (secondary N) is 1. The highest BCUT2D eigenvalue weighted by molar-refractivity contribution is 5.88. The minimum absolute atomic E-state index is 0.0111. The topological polar surface area (TPSA) is 89.9 Å². The number of carbonyl (C=O) groups is 1. The molecule has 0 saturated heterocycles. The molecule has 0 spiro atoms. The van der Waals surface area contributed by atoms with E-state index in [-0.39, 0.29) is 18.1 Å². The van der Waals surface area contributed by atoms with Gasteiger partial charge in [-0.25, -0.2) is 18.9 Å². The Kier molecular flexibility index (Phi) is 3.18. The predicted octanol–water partition coefficient (Wildman–Crippen LogP) is 0.271. The SMILES string of the molecule is CCOC(=O)c1cnc(-n2cc(F)cn2)[nH]c1=O. The zero-order valence-electron chi connectivity index (χ0n) is 9.38. The Labute approximate surface area is 100 Å². The van der Waals surface area contributed by atoms with Crippen LogP contribution in [0, 0.1) is 5.82 Å². The summed E-state index contributed by atoms with van der Waals surface area (Å²) in [5.41, 5.74) is -0.886. The summed E-state index contributed by atoms with van der Waals surface area (Å²) in [6.07, 6.45) is 3.08. The number of hydrogen-bond acceptors (Lipinski definition) is 5. The molecule has 0 fully saturated rings. The molecule has 0 atom stereocenters. The first kappa shape index (κ1) is 12.0. The van der Waals surface area contributed by atoms with Crippen molar-refractivity contribution in [2.45, 2.75) is 6.92 Å². The second-order valence-corrected chi connectivity index (χ2v) is 3.27. The van der Waals surface area contributed by atoms with Crippen molar-refractivity contribution in [2.75, 3.05) is 6.61 Å². The normalized spacial score (nSPS) is 10.3. The van der Waals surface area contributed by atoms with Crippen molar-refractivity contribution in [1.82, 2.24) is 19.7 Å². The number of hydrogen-bond donors (Lipinski definition) is 1. The molecule has 0 saturated carbocycles. The Morgan fingerprint density at radius 1 is 1.56 bits per heavy atom. The Morgan fingerprint density at radius 3 is 2.89 bits per heavy atom. The van der Waals surface area contributed by atoms with Gasteiger partial charge >= 0.3 is 5.97 Å². The number of ether oxygens (including phenoxy) is 1. The number of aromatic nitrogens is 4. The largest absolute Gasteiger partial charge is 0.462 e. The summed E-state index contributed by atoms with van der Waals surface area (Å²) in [5, 5.41) is 3.63. The van der Waals surface area contributed by atoms with Gasteiger partial charge in [0.2, 0.25) is 5.95 Å². The van der Waals surface area contributed by atoms with Crippen molar-refractivity contribution in [2.24, 2.45) is 0 Å². The maximum atomic E-state index is 12.7. The quantitative estimate of drug-likeness (QED) is 0.792. The first-order valence-electron chi connectivity index (χ1n) is 5.08. The van der Waals surface area contributed by atoms with Crippen molar-refractivity contribution in [1.29, 1.82) is 0 Å². The summed E-state index contributed by atoms with van der Waals surface area (Å²) in [6, 6.07) is 0. The molecule has 94 valence electrons. The van der Waals surface area contributed by atoms with E-state index < -0.39 is 17.3 Å². The van der Waals surface area contributed by atoms with Crippen molar-refractivity contribution < 1.29 is 13.9 Å². The van der Waals surface area contributed by atoms with Crippen LogP contribution in [0.3, 0.4) is 0 Å². The molecule has 0 unspecified atom stereocenters. The van der Waals surface area contributed by atoms with Crippen molar-refractivity contribution in [3.8, 4) is 5.95 Å². The molecule has 8 heteroatoms. The van der Waals surface area contributed by atoms with E-state index in [2.05, 4.69) is 19.8 Å². The van der Waals surface area contributed by atoms with Gasteiger partial charge in [0.05, 0.1) is 25.2 Å². The molecule has 2 aromatic rings. The van der Waals surface area contributed by atoms with Gasteiger partial charge in [0, 0.05) is 0 Å². The van der Waals surface area contributed by atoms with Gasteiger partial charge in [-0.3, -0.25) is 9.78 Å². The molecule has 0 bridgehead atoms. The van der Waals surface area contributed by atoms with E-state index >= 15 is 0 Å². The molecular weight excluding hydrogens is 243 g/mol. The van der Waals surface area contributed by atoms with Crippen molar-refractivity contribution >= 4 is 5.97 Å². The minimum Gasteiger partial charge on any atom is -0.462 e. The van der Waals surface area contributed by atoms with Gasteiger partial charge in [-0.05, 0) is 6.92 Å². The number of carbonyl (C=O) groups excluding carboxylic acids is 1. The molecule has 18 heavy (non-hydrogen) atoms. The Hall–Kier alpha value is -2.51. The van der Waals surface area contributed by atoms with E-state index in [0.717, 1.165) is 23.3 Å². The molecule has 7 nitrogen and oxygen atoms in total. The molecule has 0 amide bonds. The van der Waals surface area contributed by atoms with E-state index in [1.807, 2.05) is 0 Å². The molecule has 0 aliphatic carbocycles. The summed E-state index contributed by atoms with van der Waals surface area (Å²) in [5.74, 6) is -1.31. The average molecular weight is 252 g/mol. The third-order valence-electron chi connectivity index (χ3n) is 2.05. The number of esters is 1. The number of nitrogens with zero attached hydrogens (tertiary/aromatic N) is 3. The molecule has 0 aromatic carbocycles. The lowest BCUT2D eigenvalue weighted by Crippen LogP contribution is -2.22. The minimum atomic E-state index is -0.760. The fraction of sp³-hybridized carbons (Fsp3) is 0.200. The van der Waals surface area contributed by atoms with Gasteiger partial charge in [-0.2, -0.15) is 5.10 Å². The first-order chi connectivity index (χ1) is 8.61. The van der Waals surface area contributed by atoms with Crippen LogP contribution in [0.4, 0.5) is 4.39 Å². The molecule has 2 heterocycles. The zero-order valence-corrected chi connectivity index (χ0v) is 9.38. The van der Waals surface area contributed by atoms with Gasteiger partial charge < -0.3 is 4.74 Å².